The molecule has 1 aromatic carbocycles. The fourth-order valence-corrected chi connectivity index (χ4v) is 4.62. The smallest absolute Gasteiger partial charge is 0.182 e. The van der Waals surface area contributed by atoms with Gasteiger partial charge in [-0.2, -0.15) is 0 Å². The lowest BCUT2D eigenvalue weighted by molar-refractivity contribution is 0.238. The van der Waals surface area contributed by atoms with Gasteiger partial charge in [0.05, 0.1) is 5.69 Å². The van der Waals surface area contributed by atoms with Crippen LogP contribution in [0, 0.1) is 13.8 Å². The largest absolute Gasteiger partial charge is 0.367 e. The van der Waals surface area contributed by atoms with Crippen LogP contribution >= 0.6 is 0 Å². The summed E-state index contributed by atoms with van der Waals surface area (Å²) in [4.78, 5) is 16.2. The van der Waals surface area contributed by atoms with Crippen LogP contribution in [-0.4, -0.2) is 55.8 Å². The number of anilines is 1. The summed E-state index contributed by atoms with van der Waals surface area (Å²) in [6.07, 6.45) is 6.24. The molecule has 1 aliphatic heterocycles. The Morgan fingerprint density at radius 1 is 1.03 bits per heavy atom. The van der Waals surface area contributed by atoms with E-state index in [1.807, 2.05) is 67.2 Å². The highest BCUT2D eigenvalue weighted by Gasteiger charge is 2.25. The average Bonchev–Trinajstić information content (AvgIpc) is 3.44. The zero-order valence-corrected chi connectivity index (χ0v) is 19.2. The molecule has 0 saturated carbocycles. The van der Waals surface area contributed by atoms with Crippen LogP contribution in [0.1, 0.15) is 36.0 Å². The summed E-state index contributed by atoms with van der Waals surface area (Å²) in [5, 5.41) is 11.8. The number of benzene rings is 1. The number of likely N-dealkylation sites (tertiary alicyclic amines) is 1. The van der Waals surface area contributed by atoms with Crippen molar-refractivity contribution in [1.82, 2.24) is 34.8 Å². The fraction of sp³-hybridized carbons (Fsp3) is 0.360. The summed E-state index contributed by atoms with van der Waals surface area (Å²) in [6, 6.07) is 14.7. The molecule has 1 saturated heterocycles. The maximum absolute atomic E-state index is 4.84. The van der Waals surface area contributed by atoms with Crippen LogP contribution in [0.15, 0.2) is 54.9 Å². The molecule has 8 heteroatoms. The Morgan fingerprint density at radius 2 is 1.91 bits per heavy atom. The first kappa shape index (κ1) is 21.5. The van der Waals surface area contributed by atoms with Gasteiger partial charge in [0.25, 0.3) is 0 Å². The van der Waals surface area contributed by atoms with Gasteiger partial charge < -0.3 is 10.6 Å². The third kappa shape index (κ3) is 4.58. The van der Waals surface area contributed by atoms with Crippen molar-refractivity contribution in [2.75, 3.05) is 31.6 Å². The van der Waals surface area contributed by atoms with Crippen LogP contribution in [0.5, 0.6) is 0 Å². The van der Waals surface area contributed by atoms with E-state index in [1.54, 1.807) is 0 Å². The van der Waals surface area contributed by atoms with Crippen molar-refractivity contribution in [2.24, 2.45) is 0 Å². The van der Waals surface area contributed by atoms with E-state index >= 15 is 0 Å². The molecule has 1 unspecified atom stereocenters. The van der Waals surface area contributed by atoms with Gasteiger partial charge in [0.2, 0.25) is 0 Å². The van der Waals surface area contributed by atoms with Crippen LogP contribution in [0.25, 0.3) is 16.9 Å². The molecule has 0 spiro atoms. The highest BCUT2D eigenvalue weighted by atomic mass is 15.3. The lowest BCUT2D eigenvalue weighted by Crippen LogP contribution is -2.36. The quantitative estimate of drug-likeness (QED) is 0.404. The third-order valence-corrected chi connectivity index (χ3v) is 6.20. The molecule has 4 heterocycles. The summed E-state index contributed by atoms with van der Waals surface area (Å²) >= 11 is 0. The molecule has 0 amide bonds. The average molecular weight is 443 g/mol. The second-order valence-electron chi connectivity index (χ2n) is 8.50. The van der Waals surface area contributed by atoms with Gasteiger partial charge in [0, 0.05) is 50.3 Å². The van der Waals surface area contributed by atoms with E-state index in [1.165, 1.54) is 18.4 Å². The van der Waals surface area contributed by atoms with Crippen LogP contribution < -0.4 is 10.6 Å². The number of nitrogens with one attached hydrogen (secondary N) is 2. The first-order chi connectivity index (χ1) is 16.2. The number of fused-ring (bicyclic) bond motifs is 1. The predicted molar refractivity (Wildman–Crippen MR) is 130 cm³/mol. The molecule has 1 aliphatic rings. The van der Waals surface area contributed by atoms with E-state index in [0.717, 1.165) is 54.7 Å². The molecular weight excluding hydrogens is 412 g/mol. The van der Waals surface area contributed by atoms with Crippen molar-refractivity contribution in [3.8, 4) is 11.4 Å². The summed E-state index contributed by atoms with van der Waals surface area (Å²) in [5.41, 5.74) is 4.16. The van der Waals surface area contributed by atoms with Crippen LogP contribution in [-0.2, 0) is 0 Å². The minimum Gasteiger partial charge on any atom is -0.367 e. The predicted octanol–water partition coefficient (Wildman–Crippen LogP) is 3.60. The van der Waals surface area contributed by atoms with Crippen LogP contribution in [0.2, 0.25) is 0 Å². The van der Waals surface area contributed by atoms with E-state index in [2.05, 4.69) is 31.6 Å². The lowest BCUT2D eigenvalue weighted by atomic mass is 10.1. The van der Waals surface area contributed by atoms with Crippen molar-refractivity contribution in [2.45, 2.75) is 32.7 Å². The second-order valence-corrected chi connectivity index (χ2v) is 8.50. The normalized spacial score (nSPS) is 16.5. The summed E-state index contributed by atoms with van der Waals surface area (Å²) in [5.74, 6) is 2.37. The van der Waals surface area contributed by atoms with Crippen molar-refractivity contribution in [3.63, 3.8) is 0 Å². The highest BCUT2D eigenvalue weighted by molar-refractivity contribution is 5.73. The van der Waals surface area contributed by atoms with E-state index in [9.17, 15) is 0 Å². The van der Waals surface area contributed by atoms with Gasteiger partial charge in [-0.3, -0.25) is 9.88 Å². The van der Waals surface area contributed by atoms with Crippen LogP contribution in [0.4, 0.5) is 5.82 Å². The lowest BCUT2D eigenvalue weighted by Gasteiger charge is -2.25. The van der Waals surface area contributed by atoms with E-state index in [0.29, 0.717) is 11.9 Å². The first-order valence-corrected chi connectivity index (χ1v) is 11.6. The zero-order valence-electron chi connectivity index (χ0n) is 19.2. The summed E-state index contributed by atoms with van der Waals surface area (Å²) < 4.78 is 1.89. The molecule has 5 rings (SSSR count). The van der Waals surface area contributed by atoms with Crippen molar-refractivity contribution in [1.29, 1.82) is 0 Å². The minimum atomic E-state index is 0.450. The molecule has 2 N–H and O–H groups in total. The Balaban J connectivity index is 1.24. The van der Waals surface area contributed by atoms with E-state index < -0.39 is 0 Å². The molecule has 33 heavy (non-hydrogen) atoms. The third-order valence-electron chi connectivity index (χ3n) is 6.20. The van der Waals surface area contributed by atoms with Gasteiger partial charge in [-0.05, 0) is 38.3 Å². The van der Waals surface area contributed by atoms with Gasteiger partial charge >= 0.3 is 0 Å². The summed E-state index contributed by atoms with van der Waals surface area (Å²) in [7, 11) is 0. The monoisotopic (exact) mass is 442 g/mol. The number of aryl methyl sites for hydroxylation is 2. The number of rotatable bonds is 8. The first-order valence-electron chi connectivity index (χ1n) is 11.6. The molecule has 170 valence electrons. The van der Waals surface area contributed by atoms with Crippen molar-refractivity contribution in [3.05, 3.63) is 71.9 Å². The molecule has 0 radical (unpaired) electrons. The SMILES string of the molecule is Cc1nc(C)n2nc(-c3ccccc3)nc(NCCNCN3CCCC3c3cccnc3)c12. The topological polar surface area (TPSA) is 83.3 Å². The standard InChI is InChI=1S/C25H30N8/c1-18-23-25(30-24(20-8-4-3-5-9-20)31-33(23)19(2)29-18)28-14-13-27-17-32-15-7-11-22(32)21-10-6-12-26-16-21/h3-6,8-10,12,16,22,27H,7,11,13-15,17H2,1-2H3,(H,28,30,31). The number of hydrogen-bond acceptors (Lipinski definition) is 7. The number of hydrogen-bond donors (Lipinski definition) is 2. The number of imidazole rings is 1. The number of nitrogens with zero attached hydrogens (tertiary/aromatic N) is 6. The molecule has 1 fully saturated rings. The fourth-order valence-electron chi connectivity index (χ4n) is 4.62. The number of aromatic nitrogens is 5. The van der Waals surface area contributed by atoms with Gasteiger partial charge in [-0.25, -0.2) is 14.5 Å². The maximum atomic E-state index is 4.84. The van der Waals surface area contributed by atoms with Gasteiger partial charge in [0.1, 0.15) is 11.3 Å². The van der Waals surface area contributed by atoms with Gasteiger partial charge in [0.15, 0.2) is 11.6 Å². The Labute approximate surface area is 194 Å². The molecule has 0 bridgehead atoms. The Hall–Kier alpha value is -3.36. The summed E-state index contributed by atoms with van der Waals surface area (Å²) in [6.45, 7) is 7.54. The van der Waals surface area contributed by atoms with E-state index in [-0.39, 0.29) is 0 Å². The Morgan fingerprint density at radius 3 is 2.73 bits per heavy atom. The molecule has 3 aromatic heterocycles. The molecule has 0 aliphatic carbocycles. The van der Waals surface area contributed by atoms with Crippen LogP contribution in [0.3, 0.4) is 0 Å². The molecule has 8 nitrogen and oxygen atoms in total. The number of pyridine rings is 1. The molecule has 4 aromatic rings. The second kappa shape index (κ2) is 9.64. The van der Waals surface area contributed by atoms with E-state index in [4.69, 9.17) is 10.1 Å². The van der Waals surface area contributed by atoms with Crippen molar-refractivity contribution >= 4 is 11.3 Å². The Kier molecular flexibility index (Phi) is 6.28. The van der Waals surface area contributed by atoms with Gasteiger partial charge in [-0.1, -0.05) is 36.4 Å². The van der Waals surface area contributed by atoms with Gasteiger partial charge in [-0.15, -0.1) is 5.10 Å². The molecule has 1 atom stereocenters. The maximum Gasteiger partial charge on any atom is 0.182 e. The minimum absolute atomic E-state index is 0.450. The Bertz CT molecular complexity index is 1210. The highest BCUT2D eigenvalue weighted by Crippen LogP contribution is 2.30. The zero-order chi connectivity index (χ0) is 22.6. The molecular formula is C25H30N8. The van der Waals surface area contributed by atoms with Crippen molar-refractivity contribution < 1.29 is 0 Å².